The highest BCUT2D eigenvalue weighted by atomic mass is 79.9. The number of primary amides is 1. The zero-order valence-electron chi connectivity index (χ0n) is 23.4. The number of aryl methyl sites for hydroxylation is 1. The first-order chi connectivity index (χ1) is 18.6. The molecule has 9 heteroatoms. The van der Waals surface area contributed by atoms with Gasteiger partial charge in [0, 0.05) is 36.0 Å². The third-order valence-corrected chi connectivity index (χ3v) is 6.68. The Kier molecular flexibility index (Phi) is 10.6. The van der Waals surface area contributed by atoms with E-state index in [4.69, 9.17) is 19.7 Å². The number of rotatable bonds is 13. The van der Waals surface area contributed by atoms with Gasteiger partial charge >= 0.3 is 0 Å². The molecule has 8 nitrogen and oxygen atoms in total. The molecule has 0 radical (unpaired) electrons. The number of Topliss-reactive ketones (excluding diaryl/α,β-unsaturated/α-hetero) is 1. The van der Waals surface area contributed by atoms with Crippen molar-refractivity contribution < 1.29 is 23.6 Å². The summed E-state index contributed by atoms with van der Waals surface area (Å²) in [6, 6.07) is 13.6. The number of aromatic nitrogens is 1. The summed E-state index contributed by atoms with van der Waals surface area (Å²) in [7, 11) is 1.58. The van der Waals surface area contributed by atoms with Crippen LogP contribution in [0.5, 0.6) is 11.5 Å². The van der Waals surface area contributed by atoms with Crippen LogP contribution in [0, 0.1) is 0 Å². The highest BCUT2D eigenvalue weighted by Crippen LogP contribution is 2.40. The molecule has 0 saturated carbocycles. The van der Waals surface area contributed by atoms with E-state index in [0.29, 0.717) is 35.4 Å². The molecule has 1 aromatic heterocycles. The second kappa shape index (κ2) is 13.6. The first-order valence-corrected chi connectivity index (χ1v) is 13.9. The number of halogens is 1. The van der Waals surface area contributed by atoms with Crippen molar-refractivity contribution in [1.82, 2.24) is 4.74 Å². The molecule has 3 rings (SSSR count). The Morgan fingerprint density at radius 2 is 1.87 bits per heavy atom. The van der Waals surface area contributed by atoms with Gasteiger partial charge in [-0.25, -0.2) is 0 Å². The van der Waals surface area contributed by atoms with Crippen LogP contribution in [0.4, 0.5) is 0 Å². The minimum atomic E-state index is -0.387. The van der Waals surface area contributed by atoms with Gasteiger partial charge in [-0.3, -0.25) is 9.59 Å². The lowest BCUT2D eigenvalue weighted by atomic mass is 9.84. The number of methoxy groups -OCH3 is 1. The van der Waals surface area contributed by atoms with Crippen molar-refractivity contribution >= 4 is 27.8 Å². The number of nitrogens with two attached hydrogens (primary N) is 1. The van der Waals surface area contributed by atoms with Crippen LogP contribution >= 0.6 is 16.1 Å². The summed E-state index contributed by atoms with van der Waals surface area (Å²) < 4.78 is 23.7. The fourth-order valence-electron chi connectivity index (χ4n) is 4.40. The molecule has 0 aliphatic rings. The van der Waals surface area contributed by atoms with Crippen LogP contribution in [0.2, 0.25) is 0 Å². The van der Waals surface area contributed by atoms with Crippen LogP contribution in [-0.2, 0) is 29.6 Å². The van der Waals surface area contributed by atoms with Gasteiger partial charge in [-0.2, -0.15) is 8.76 Å². The molecule has 1 heterocycles. The van der Waals surface area contributed by atoms with Crippen LogP contribution in [-0.4, -0.2) is 30.1 Å². The lowest BCUT2D eigenvalue weighted by molar-refractivity contribution is -0.118. The standard InChI is InChI=1S/C30H38BrN3O5/c1-6-11-25-22(16-20-12-8-7-9-13-20)29(33-31)34(39-25)19-24(35)21-17-23(30(2,3)4)28(37-5)26(18-21)38-15-10-14-27(32)36/h7-9,12-13,17-18H,6,10-11,14-16,19H2,1-5H3,(H2,32,36)/b33-29-. The monoisotopic (exact) mass is 599 g/mol. The van der Waals surface area contributed by atoms with Gasteiger partial charge in [0.1, 0.15) is 12.3 Å². The highest BCUT2D eigenvalue weighted by molar-refractivity contribution is 9.08. The Morgan fingerprint density at radius 3 is 2.46 bits per heavy atom. The summed E-state index contributed by atoms with van der Waals surface area (Å²) in [6.07, 6.45) is 2.95. The van der Waals surface area contributed by atoms with E-state index in [2.05, 4.69) is 39.2 Å². The molecule has 1 amide bonds. The van der Waals surface area contributed by atoms with Crippen molar-refractivity contribution in [2.24, 2.45) is 9.75 Å². The summed E-state index contributed by atoms with van der Waals surface area (Å²) in [6.45, 7) is 8.46. The third kappa shape index (κ3) is 7.85. The molecule has 0 atom stereocenters. The Balaban J connectivity index is 1.99. The van der Waals surface area contributed by atoms with Gasteiger partial charge in [-0.15, -0.1) is 0 Å². The van der Waals surface area contributed by atoms with E-state index in [1.165, 1.54) is 0 Å². The van der Waals surface area contributed by atoms with E-state index in [9.17, 15) is 9.59 Å². The number of ketones is 1. The molecule has 0 spiro atoms. The molecule has 0 aliphatic heterocycles. The minimum Gasteiger partial charge on any atom is -0.493 e. The highest BCUT2D eigenvalue weighted by Gasteiger charge is 2.26. The molecule has 0 fully saturated rings. The zero-order valence-corrected chi connectivity index (χ0v) is 25.0. The molecule has 0 saturated heterocycles. The van der Waals surface area contributed by atoms with Crippen molar-refractivity contribution in [3.8, 4) is 11.5 Å². The first kappa shape index (κ1) is 30.2. The van der Waals surface area contributed by atoms with Crippen molar-refractivity contribution in [3.05, 3.63) is 76.0 Å². The first-order valence-electron chi connectivity index (χ1n) is 13.2. The van der Waals surface area contributed by atoms with E-state index >= 15 is 0 Å². The number of amides is 1. The summed E-state index contributed by atoms with van der Waals surface area (Å²) in [5, 5.41) is 0. The van der Waals surface area contributed by atoms with E-state index < -0.39 is 0 Å². The smallest absolute Gasteiger partial charge is 0.217 e. The van der Waals surface area contributed by atoms with Gasteiger partial charge in [0.05, 0.1) is 29.9 Å². The maximum atomic E-state index is 13.7. The average Bonchev–Trinajstić information content (AvgIpc) is 3.21. The summed E-state index contributed by atoms with van der Waals surface area (Å²) in [4.78, 5) is 24.8. The Bertz CT molecular complexity index is 1350. The van der Waals surface area contributed by atoms with Crippen LogP contribution in [0.3, 0.4) is 0 Å². The quantitative estimate of drug-likeness (QED) is 0.201. The molecule has 39 heavy (non-hydrogen) atoms. The van der Waals surface area contributed by atoms with Crippen LogP contribution in [0.1, 0.15) is 79.8 Å². The van der Waals surface area contributed by atoms with Crippen LogP contribution < -0.4 is 20.7 Å². The molecule has 210 valence electrons. The van der Waals surface area contributed by atoms with Gasteiger partial charge in [0.2, 0.25) is 5.91 Å². The molecule has 0 unspecified atom stereocenters. The minimum absolute atomic E-state index is 0.0348. The maximum Gasteiger partial charge on any atom is 0.217 e. The van der Waals surface area contributed by atoms with Gasteiger partial charge in [-0.1, -0.05) is 58.0 Å². The molecule has 3 aromatic rings. The lowest BCUT2D eigenvalue weighted by Gasteiger charge is -2.25. The van der Waals surface area contributed by atoms with E-state index in [0.717, 1.165) is 35.3 Å². The van der Waals surface area contributed by atoms with Crippen LogP contribution in [0.15, 0.2) is 51.0 Å². The largest absolute Gasteiger partial charge is 0.493 e. The number of carbonyl (C=O) groups is 2. The second-order valence-electron chi connectivity index (χ2n) is 10.5. The third-order valence-electron chi connectivity index (χ3n) is 6.35. The normalized spacial score (nSPS) is 12.0. The molecule has 2 N–H and O–H groups in total. The molecule has 0 bridgehead atoms. The number of nitrogens with zero attached hydrogens (tertiary/aromatic N) is 2. The molecular weight excluding hydrogens is 562 g/mol. The Labute approximate surface area is 238 Å². The Morgan fingerprint density at radius 1 is 1.15 bits per heavy atom. The van der Waals surface area contributed by atoms with Crippen molar-refractivity contribution in [3.63, 3.8) is 0 Å². The SMILES string of the molecule is CCCc1on(CC(=O)c2cc(OCCCC(N)=O)c(OC)c(C(C)(C)C)c2)/c(=N\Br)c1Cc1ccccc1. The molecular formula is C30H38BrN3O5. The molecule has 0 aliphatic carbocycles. The summed E-state index contributed by atoms with van der Waals surface area (Å²) >= 11 is 3.26. The van der Waals surface area contributed by atoms with Gasteiger partial charge in [0.15, 0.2) is 22.8 Å². The summed E-state index contributed by atoms with van der Waals surface area (Å²) in [5.74, 6) is 1.29. The average molecular weight is 601 g/mol. The van der Waals surface area contributed by atoms with Crippen molar-refractivity contribution in [2.45, 2.75) is 71.8 Å². The number of carbonyl (C=O) groups excluding carboxylic acids is 2. The molecule has 2 aromatic carbocycles. The van der Waals surface area contributed by atoms with Gasteiger partial charge in [0.25, 0.3) is 0 Å². The predicted octanol–water partition coefficient (Wildman–Crippen LogP) is 5.67. The number of ether oxygens (including phenoxy) is 2. The number of hydrogen-bond acceptors (Lipinski definition) is 6. The van der Waals surface area contributed by atoms with Gasteiger partial charge < -0.3 is 19.7 Å². The number of hydrogen-bond donors (Lipinski definition) is 1. The fraction of sp³-hybridized carbons (Fsp3) is 0.433. The van der Waals surface area contributed by atoms with Gasteiger partial charge in [-0.05, 0) is 36.0 Å². The summed E-state index contributed by atoms with van der Waals surface area (Å²) in [5.41, 5.74) is 8.92. The van der Waals surface area contributed by atoms with Crippen molar-refractivity contribution in [2.75, 3.05) is 13.7 Å². The van der Waals surface area contributed by atoms with E-state index in [1.807, 2.05) is 45.0 Å². The Hall–Kier alpha value is -3.33. The van der Waals surface area contributed by atoms with E-state index in [1.54, 1.807) is 17.9 Å². The zero-order chi connectivity index (χ0) is 28.6. The fourth-order valence-corrected chi connectivity index (χ4v) is 4.79. The van der Waals surface area contributed by atoms with Crippen molar-refractivity contribution in [1.29, 1.82) is 0 Å². The maximum absolute atomic E-state index is 13.7. The van der Waals surface area contributed by atoms with E-state index in [-0.39, 0.29) is 36.7 Å². The predicted molar refractivity (Wildman–Crippen MR) is 154 cm³/mol. The number of benzene rings is 2. The second-order valence-corrected chi connectivity index (χ2v) is 10.9. The topological polar surface area (TPSA) is 109 Å². The lowest BCUT2D eigenvalue weighted by Crippen LogP contribution is -2.24. The van der Waals surface area contributed by atoms with Crippen LogP contribution in [0.25, 0.3) is 0 Å².